The fourth-order valence-electron chi connectivity index (χ4n) is 3.48. The summed E-state index contributed by atoms with van der Waals surface area (Å²) in [5.41, 5.74) is 4.34. The number of nitrogens with zero attached hydrogens (tertiary/aromatic N) is 3. The molecule has 2 aromatic heterocycles. The van der Waals surface area contributed by atoms with Gasteiger partial charge >= 0.3 is 5.97 Å². The Labute approximate surface area is 198 Å². The molecular formula is C25H24N4O4S. The van der Waals surface area contributed by atoms with Crippen LogP contribution in [0.5, 0.6) is 0 Å². The highest BCUT2D eigenvalue weighted by molar-refractivity contribution is 7.90. The van der Waals surface area contributed by atoms with Crippen molar-refractivity contribution in [3.63, 3.8) is 0 Å². The van der Waals surface area contributed by atoms with Crippen LogP contribution in [0.2, 0.25) is 0 Å². The normalized spacial score (nSPS) is 11.3. The molecule has 174 valence electrons. The third-order valence-electron chi connectivity index (χ3n) is 5.40. The Kier molecular flexibility index (Phi) is 6.21. The third kappa shape index (κ3) is 4.42. The van der Waals surface area contributed by atoms with Crippen molar-refractivity contribution in [3.8, 4) is 11.3 Å². The van der Waals surface area contributed by atoms with E-state index < -0.39 is 16.0 Å². The van der Waals surface area contributed by atoms with E-state index in [0.717, 1.165) is 26.4 Å². The number of carbonyl (C=O) groups excluding carboxylic acids is 1. The number of nitrogens with one attached hydrogen (secondary N) is 1. The molecule has 0 aliphatic carbocycles. The maximum atomic E-state index is 13.4. The average Bonchev–Trinajstić information content (AvgIpc) is 3.28. The molecule has 2 aromatic carbocycles. The third-order valence-corrected chi connectivity index (χ3v) is 7.08. The number of methoxy groups -OCH3 is 1. The fourth-order valence-corrected chi connectivity index (χ4v) is 4.82. The second kappa shape index (κ2) is 9.11. The first kappa shape index (κ1) is 23.2. The van der Waals surface area contributed by atoms with Crippen molar-refractivity contribution in [2.75, 3.05) is 12.4 Å². The summed E-state index contributed by atoms with van der Waals surface area (Å²) in [4.78, 5) is 21.5. The molecule has 0 aliphatic heterocycles. The zero-order valence-corrected chi connectivity index (χ0v) is 20.1. The number of aryl methyl sites for hydroxylation is 3. The Hall–Kier alpha value is -3.98. The maximum absolute atomic E-state index is 13.4. The molecule has 4 aromatic rings. The second-order valence-electron chi connectivity index (χ2n) is 7.88. The van der Waals surface area contributed by atoms with E-state index in [9.17, 15) is 13.2 Å². The van der Waals surface area contributed by atoms with E-state index >= 15 is 0 Å². The van der Waals surface area contributed by atoms with E-state index in [1.54, 1.807) is 18.3 Å². The van der Waals surface area contributed by atoms with Gasteiger partial charge in [-0.1, -0.05) is 35.9 Å². The molecule has 4 rings (SSSR count). The highest BCUT2D eigenvalue weighted by atomic mass is 32.2. The number of ether oxygens (including phenoxy) is 1. The minimum absolute atomic E-state index is 0.0618. The number of para-hydroxylation sites is 1. The van der Waals surface area contributed by atoms with E-state index in [1.807, 2.05) is 45.0 Å². The fraction of sp³-hybridized carbons (Fsp3) is 0.160. The number of rotatable bonds is 6. The molecule has 0 saturated carbocycles. The SMILES string of the molecule is COC(=O)c1cc(-c2nc(Nc3ccccc3C)ncc2C)cn1S(=O)(=O)c1ccc(C)cc1. The van der Waals surface area contributed by atoms with Crippen LogP contribution < -0.4 is 5.32 Å². The zero-order chi connectivity index (χ0) is 24.5. The Morgan fingerprint density at radius 1 is 1.00 bits per heavy atom. The van der Waals surface area contributed by atoms with Crippen LogP contribution in [-0.2, 0) is 14.8 Å². The van der Waals surface area contributed by atoms with Crippen LogP contribution in [0.1, 0.15) is 27.2 Å². The van der Waals surface area contributed by atoms with Crippen LogP contribution in [0.3, 0.4) is 0 Å². The molecule has 0 bridgehead atoms. The van der Waals surface area contributed by atoms with E-state index in [-0.39, 0.29) is 10.6 Å². The number of carbonyl (C=O) groups is 1. The van der Waals surface area contributed by atoms with Crippen LogP contribution in [0, 0.1) is 20.8 Å². The summed E-state index contributed by atoms with van der Waals surface area (Å²) in [7, 11) is -2.84. The molecule has 0 amide bonds. The first-order valence-electron chi connectivity index (χ1n) is 10.5. The highest BCUT2D eigenvalue weighted by Gasteiger charge is 2.26. The number of benzene rings is 2. The van der Waals surface area contributed by atoms with Gasteiger partial charge in [0, 0.05) is 23.6 Å². The summed E-state index contributed by atoms with van der Waals surface area (Å²) < 4.78 is 32.5. The Morgan fingerprint density at radius 3 is 2.38 bits per heavy atom. The second-order valence-corrected chi connectivity index (χ2v) is 9.70. The predicted molar refractivity (Wildman–Crippen MR) is 130 cm³/mol. The lowest BCUT2D eigenvalue weighted by Crippen LogP contribution is -2.18. The van der Waals surface area contributed by atoms with Gasteiger partial charge in [0.2, 0.25) is 5.95 Å². The molecule has 0 atom stereocenters. The van der Waals surface area contributed by atoms with Crippen molar-refractivity contribution in [1.82, 2.24) is 13.9 Å². The minimum atomic E-state index is -4.05. The molecule has 0 unspecified atom stereocenters. The lowest BCUT2D eigenvalue weighted by molar-refractivity contribution is 0.0593. The molecule has 0 spiro atoms. The quantitative estimate of drug-likeness (QED) is 0.405. The summed E-state index contributed by atoms with van der Waals surface area (Å²) in [6.07, 6.45) is 3.03. The smallest absolute Gasteiger partial charge is 0.355 e. The minimum Gasteiger partial charge on any atom is -0.464 e. The molecule has 0 radical (unpaired) electrons. The van der Waals surface area contributed by atoms with Crippen molar-refractivity contribution in [2.24, 2.45) is 0 Å². The number of anilines is 2. The number of aromatic nitrogens is 3. The summed E-state index contributed by atoms with van der Waals surface area (Å²) in [5, 5.41) is 3.19. The molecule has 1 N–H and O–H groups in total. The first-order valence-corrected chi connectivity index (χ1v) is 11.9. The monoisotopic (exact) mass is 476 g/mol. The predicted octanol–water partition coefficient (Wildman–Crippen LogP) is 4.64. The van der Waals surface area contributed by atoms with Crippen LogP contribution in [-0.4, -0.2) is 35.4 Å². The molecule has 34 heavy (non-hydrogen) atoms. The lowest BCUT2D eigenvalue weighted by Gasteiger charge is -2.10. The van der Waals surface area contributed by atoms with Gasteiger partial charge in [0.1, 0.15) is 5.69 Å². The highest BCUT2D eigenvalue weighted by Crippen LogP contribution is 2.29. The molecule has 0 fully saturated rings. The van der Waals surface area contributed by atoms with Crippen LogP contribution in [0.15, 0.2) is 71.9 Å². The molecule has 2 heterocycles. The van der Waals surface area contributed by atoms with Gasteiger partial charge in [-0.3, -0.25) is 0 Å². The van der Waals surface area contributed by atoms with Crippen LogP contribution in [0.25, 0.3) is 11.3 Å². The number of esters is 1. The van der Waals surface area contributed by atoms with Crippen molar-refractivity contribution in [1.29, 1.82) is 0 Å². The van der Waals surface area contributed by atoms with E-state index in [2.05, 4.69) is 15.3 Å². The topological polar surface area (TPSA) is 103 Å². The Bertz CT molecular complexity index is 1480. The van der Waals surface area contributed by atoms with Gasteiger partial charge in [-0.15, -0.1) is 0 Å². The van der Waals surface area contributed by atoms with Gasteiger partial charge < -0.3 is 10.1 Å². The van der Waals surface area contributed by atoms with Gasteiger partial charge in [-0.25, -0.2) is 27.2 Å². The van der Waals surface area contributed by atoms with Gasteiger partial charge in [0.25, 0.3) is 10.0 Å². The van der Waals surface area contributed by atoms with Gasteiger partial charge in [0.15, 0.2) is 0 Å². The zero-order valence-electron chi connectivity index (χ0n) is 19.2. The van der Waals surface area contributed by atoms with E-state index in [4.69, 9.17) is 4.74 Å². The number of hydrogen-bond acceptors (Lipinski definition) is 7. The largest absolute Gasteiger partial charge is 0.464 e. The summed E-state index contributed by atoms with van der Waals surface area (Å²) in [5.74, 6) is -0.421. The molecule has 0 aliphatic rings. The summed E-state index contributed by atoms with van der Waals surface area (Å²) in [6, 6.07) is 15.6. The summed E-state index contributed by atoms with van der Waals surface area (Å²) in [6.45, 7) is 5.65. The van der Waals surface area contributed by atoms with Gasteiger partial charge in [-0.05, 0) is 56.2 Å². The van der Waals surface area contributed by atoms with Gasteiger partial charge in [-0.2, -0.15) is 0 Å². The lowest BCUT2D eigenvalue weighted by atomic mass is 10.1. The number of hydrogen-bond donors (Lipinski definition) is 1. The van der Waals surface area contributed by atoms with E-state index in [0.29, 0.717) is 17.2 Å². The van der Waals surface area contributed by atoms with Crippen LogP contribution in [0.4, 0.5) is 11.6 Å². The molecule has 8 nitrogen and oxygen atoms in total. The average molecular weight is 477 g/mol. The maximum Gasteiger partial charge on any atom is 0.355 e. The Balaban J connectivity index is 1.81. The van der Waals surface area contributed by atoms with E-state index in [1.165, 1.54) is 31.5 Å². The molecule has 9 heteroatoms. The summed E-state index contributed by atoms with van der Waals surface area (Å²) >= 11 is 0. The van der Waals surface area contributed by atoms with Crippen LogP contribution >= 0.6 is 0 Å². The first-order chi connectivity index (χ1) is 16.2. The van der Waals surface area contributed by atoms with Crippen molar-refractivity contribution in [2.45, 2.75) is 25.7 Å². The van der Waals surface area contributed by atoms with Crippen molar-refractivity contribution < 1.29 is 17.9 Å². The van der Waals surface area contributed by atoms with Crippen molar-refractivity contribution in [3.05, 3.63) is 89.4 Å². The molecule has 0 saturated heterocycles. The molecular weight excluding hydrogens is 452 g/mol. The standard InChI is InChI=1S/C25H24N4O4S/c1-16-9-11-20(12-10-16)34(31,32)29-15-19(13-22(29)24(30)33-4)23-18(3)14-26-25(28-23)27-21-8-6-5-7-17(21)2/h5-15H,1-4H3,(H,26,27,28). The van der Waals surface area contributed by atoms with Gasteiger partial charge in [0.05, 0.1) is 17.7 Å². The Morgan fingerprint density at radius 2 is 1.71 bits per heavy atom. The van der Waals surface area contributed by atoms with Crippen molar-refractivity contribution >= 4 is 27.6 Å².